The summed E-state index contributed by atoms with van der Waals surface area (Å²) in [5.74, 6) is 2.44. The fourth-order valence-corrected chi connectivity index (χ4v) is 5.80. The highest BCUT2D eigenvalue weighted by molar-refractivity contribution is 5.93. The van der Waals surface area contributed by atoms with E-state index >= 15 is 0 Å². The maximum atomic E-state index is 12.7. The lowest BCUT2D eigenvalue weighted by molar-refractivity contribution is -0.116. The average Bonchev–Trinajstić information content (AvgIpc) is 3.69. The van der Waals surface area contributed by atoms with E-state index in [0.717, 1.165) is 30.4 Å². The van der Waals surface area contributed by atoms with Gasteiger partial charge in [0, 0.05) is 35.7 Å². The lowest BCUT2D eigenvalue weighted by Crippen LogP contribution is -2.45. The van der Waals surface area contributed by atoms with Crippen molar-refractivity contribution in [3.63, 3.8) is 0 Å². The van der Waals surface area contributed by atoms with Crippen LogP contribution in [0.2, 0.25) is 0 Å². The third kappa shape index (κ3) is 3.85. The van der Waals surface area contributed by atoms with Crippen molar-refractivity contribution in [3.8, 4) is 17.2 Å². The molecule has 4 N–H and O–H groups in total. The zero-order chi connectivity index (χ0) is 23.3. The van der Waals surface area contributed by atoms with Crippen LogP contribution in [-0.2, 0) is 11.2 Å². The topological polar surface area (TPSA) is 113 Å². The number of ether oxygens (including phenoxy) is 1. The van der Waals surface area contributed by atoms with Crippen LogP contribution in [0.3, 0.4) is 0 Å². The number of urea groups is 1. The number of carbonyl (C=O) groups excluding carboxylic acids is 2. The molecule has 0 spiro atoms. The highest BCUT2D eigenvalue weighted by Crippen LogP contribution is 2.77. The van der Waals surface area contributed by atoms with Crippen LogP contribution in [0.4, 0.5) is 10.6 Å². The maximum absolute atomic E-state index is 12.7. The summed E-state index contributed by atoms with van der Waals surface area (Å²) in [5.41, 5.74) is 1.43. The number of rotatable bonds is 5. The normalized spacial score (nSPS) is 27.5. The van der Waals surface area contributed by atoms with Crippen molar-refractivity contribution in [2.45, 2.75) is 75.3 Å². The van der Waals surface area contributed by atoms with E-state index in [0.29, 0.717) is 36.1 Å². The molecule has 1 aromatic heterocycles. The minimum atomic E-state index is -0.245. The molecule has 3 amide bonds. The summed E-state index contributed by atoms with van der Waals surface area (Å²) < 4.78 is 6.16. The molecule has 1 aliphatic heterocycles. The predicted octanol–water partition coefficient (Wildman–Crippen LogP) is 4.34. The number of benzene rings is 1. The first-order valence-corrected chi connectivity index (χ1v) is 12.4. The van der Waals surface area contributed by atoms with E-state index in [4.69, 9.17) is 4.74 Å². The lowest BCUT2D eigenvalue weighted by Gasteiger charge is -2.21. The summed E-state index contributed by atoms with van der Waals surface area (Å²) in [4.78, 5) is 28.6. The number of fused-ring (bicyclic) bond motifs is 2. The minimum absolute atomic E-state index is 0.0436. The smallest absolute Gasteiger partial charge is 0.315 e. The van der Waals surface area contributed by atoms with Gasteiger partial charge < -0.3 is 25.8 Å². The number of hydrogen-bond acceptors (Lipinski definition) is 5. The lowest BCUT2D eigenvalue weighted by atomic mass is 9.99. The quantitative estimate of drug-likeness (QED) is 0.494. The molecule has 8 nitrogen and oxygen atoms in total. The SMILES string of the molecule is O=C1CCc2c(Oc3ccc(O)c(C4C5CC54NC(=O)NC4CCCCCC4)c3)ccnc2N1. The van der Waals surface area contributed by atoms with Crippen LogP contribution in [-0.4, -0.2) is 33.6 Å². The van der Waals surface area contributed by atoms with Gasteiger partial charge in [-0.3, -0.25) is 4.79 Å². The largest absolute Gasteiger partial charge is 0.508 e. The fourth-order valence-electron chi connectivity index (χ4n) is 5.80. The van der Waals surface area contributed by atoms with Gasteiger partial charge in [-0.1, -0.05) is 25.7 Å². The van der Waals surface area contributed by atoms with Crippen LogP contribution in [0.5, 0.6) is 17.2 Å². The zero-order valence-corrected chi connectivity index (χ0v) is 19.1. The van der Waals surface area contributed by atoms with Crippen molar-refractivity contribution >= 4 is 17.8 Å². The number of anilines is 1. The Bertz CT molecular complexity index is 1140. The Balaban J connectivity index is 1.14. The van der Waals surface area contributed by atoms with Crippen molar-refractivity contribution in [1.82, 2.24) is 15.6 Å². The fraction of sp³-hybridized carbons (Fsp3) is 0.500. The Morgan fingerprint density at radius 1 is 1.15 bits per heavy atom. The van der Waals surface area contributed by atoms with Crippen molar-refractivity contribution in [1.29, 1.82) is 0 Å². The average molecular weight is 463 g/mol. The number of carbonyl (C=O) groups is 2. The molecule has 0 bridgehead atoms. The molecular formula is C26H30N4O4. The molecule has 6 rings (SSSR count). The maximum Gasteiger partial charge on any atom is 0.315 e. The number of nitrogens with zero attached hydrogens (tertiary/aromatic N) is 1. The summed E-state index contributed by atoms with van der Waals surface area (Å²) >= 11 is 0. The monoisotopic (exact) mass is 462 g/mol. The molecule has 1 aromatic carbocycles. The van der Waals surface area contributed by atoms with Gasteiger partial charge >= 0.3 is 6.03 Å². The minimum Gasteiger partial charge on any atom is -0.508 e. The molecule has 3 atom stereocenters. The number of nitrogens with one attached hydrogen (secondary N) is 3. The molecule has 34 heavy (non-hydrogen) atoms. The summed E-state index contributed by atoms with van der Waals surface area (Å²) in [6.45, 7) is 0. The molecule has 0 radical (unpaired) electrons. The van der Waals surface area contributed by atoms with Gasteiger partial charge in [0.25, 0.3) is 0 Å². The molecule has 4 aliphatic rings. The first kappa shape index (κ1) is 21.3. The second kappa shape index (κ2) is 8.18. The van der Waals surface area contributed by atoms with E-state index in [9.17, 15) is 14.7 Å². The van der Waals surface area contributed by atoms with Gasteiger partial charge in [-0.05, 0) is 55.9 Å². The van der Waals surface area contributed by atoms with Gasteiger partial charge in [0.1, 0.15) is 23.1 Å². The summed E-state index contributed by atoms with van der Waals surface area (Å²) in [7, 11) is 0. The second-order valence-electron chi connectivity index (χ2n) is 10.1. The van der Waals surface area contributed by atoms with Crippen molar-refractivity contribution in [2.24, 2.45) is 5.92 Å². The van der Waals surface area contributed by atoms with Crippen LogP contribution < -0.4 is 20.7 Å². The third-order valence-electron chi connectivity index (χ3n) is 7.88. The Morgan fingerprint density at radius 2 is 1.97 bits per heavy atom. The molecule has 2 heterocycles. The standard InChI is InChI=1S/C26H30N4O4/c31-20-9-7-16(34-21-11-12-27-24-17(21)8-10-22(32)29-24)13-18(20)23-19-14-26(19,23)30-25(33)28-15-5-3-1-2-4-6-15/h7,9,11-13,15,19,23,31H,1-6,8,10,14H2,(H,27,29,32)(H2,28,30,33). The van der Waals surface area contributed by atoms with Crippen LogP contribution in [0, 0.1) is 5.92 Å². The molecule has 8 heteroatoms. The third-order valence-corrected chi connectivity index (χ3v) is 7.88. The van der Waals surface area contributed by atoms with E-state index in [1.807, 2.05) is 6.07 Å². The molecule has 2 aromatic rings. The summed E-state index contributed by atoms with van der Waals surface area (Å²) in [5, 5.41) is 19.7. The number of amides is 3. The van der Waals surface area contributed by atoms with Gasteiger partial charge in [0.2, 0.25) is 5.91 Å². The molecule has 3 unspecified atom stereocenters. The van der Waals surface area contributed by atoms with Gasteiger partial charge in [-0.2, -0.15) is 0 Å². The molecule has 3 aliphatic carbocycles. The van der Waals surface area contributed by atoms with E-state index in [-0.39, 0.29) is 35.2 Å². The van der Waals surface area contributed by atoms with Crippen LogP contribution >= 0.6 is 0 Å². The van der Waals surface area contributed by atoms with Gasteiger partial charge in [-0.25, -0.2) is 9.78 Å². The Morgan fingerprint density at radius 3 is 2.76 bits per heavy atom. The van der Waals surface area contributed by atoms with Crippen molar-refractivity contribution < 1.29 is 19.4 Å². The van der Waals surface area contributed by atoms with E-state index < -0.39 is 0 Å². The number of aromatic nitrogens is 1. The van der Waals surface area contributed by atoms with Gasteiger partial charge in [0.15, 0.2) is 0 Å². The predicted molar refractivity (Wildman–Crippen MR) is 126 cm³/mol. The first-order valence-electron chi connectivity index (χ1n) is 12.4. The number of pyridine rings is 1. The molecular weight excluding hydrogens is 432 g/mol. The van der Waals surface area contributed by atoms with E-state index in [1.165, 1.54) is 25.7 Å². The van der Waals surface area contributed by atoms with Gasteiger partial charge in [-0.15, -0.1) is 0 Å². The number of phenolic OH excluding ortho intramolecular Hbond substituents is 1. The summed E-state index contributed by atoms with van der Waals surface area (Å²) in [6, 6.07) is 7.21. The summed E-state index contributed by atoms with van der Waals surface area (Å²) in [6.07, 6.45) is 10.5. The Labute approximate surface area is 198 Å². The highest BCUT2D eigenvalue weighted by Gasteiger charge is 2.80. The number of aromatic hydroxyl groups is 1. The Kier molecular flexibility index (Phi) is 5.12. The number of hydrogen-bond donors (Lipinski definition) is 4. The Hall–Kier alpha value is -3.29. The van der Waals surface area contributed by atoms with E-state index in [2.05, 4.69) is 20.9 Å². The highest BCUT2D eigenvalue weighted by atomic mass is 16.5. The van der Waals surface area contributed by atoms with Gasteiger partial charge in [0.05, 0.1) is 5.54 Å². The molecule has 178 valence electrons. The van der Waals surface area contributed by atoms with Crippen LogP contribution in [0.25, 0.3) is 0 Å². The molecule has 3 fully saturated rings. The van der Waals surface area contributed by atoms with Crippen LogP contribution in [0.15, 0.2) is 30.5 Å². The zero-order valence-electron chi connectivity index (χ0n) is 19.1. The number of phenols is 1. The first-order chi connectivity index (χ1) is 16.5. The van der Waals surface area contributed by atoms with Crippen LogP contribution in [0.1, 0.15) is 68.4 Å². The molecule has 3 saturated carbocycles. The van der Waals surface area contributed by atoms with Crippen molar-refractivity contribution in [2.75, 3.05) is 5.32 Å². The molecule has 0 saturated heterocycles. The van der Waals surface area contributed by atoms with E-state index in [1.54, 1.807) is 24.4 Å². The second-order valence-corrected chi connectivity index (χ2v) is 10.1. The van der Waals surface area contributed by atoms with Crippen molar-refractivity contribution in [3.05, 3.63) is 41.6 Å².